The molecule has 0 unspecified atom stereocenters. The minimum absolute atomic E-state index is 0.0703. The zero-order chi connectivity index (χ0) is 9.19. The van der Waals surface area contributed by atoms with Crippen LogP contribution in [0.1, 0.15) is 6.92 Å². The Balaban J connectivity index is 2.83. The molecule has 0 aliphatic carbocycles. The van der Waals surface area contributed by atoms with E-state index in [1.807, 2.05) is 0 Å². The van der Waals surface area contributed by atoms with Gasteiger partial charge in [-0.15, -0.1) is 0 Å². The highest BCUT2D eigenvalue weighted by molar-refractivity contribution is 6.30. The number of nitrogens with zero attached hydrogens (tertiary/aromatic N) is 1. The minimum atomic E-state index is -3.23. The molecule has 0 atom stereocenters. The van der Waals surface area contributed by atoms with Gasteiger partial charge < -0.3 is 4.74 Å². The first kappa shape index (κ1) is 9.19. The van der Waals surface area contributed by atoms with Gasteiger partial charge in [-0.1, -0.05) is 11.6 Å². The van der Waals surface area contributed by atoms with Crippen LogP contribution in [0.15, 0.2) is 18.3 Å². The molecule has 0 bridgehead atoms. The molecule has 0 amide bonds. The van der Waals surface area contributed by atoms with Crippen LogP contribution in [0.3, 0.4) is 0 Å². The maximum Gasteiger partial charge on any atom is 0.395 e. The molecule has 0 aliphatic rings. The average Bonchev–Trinajstić information content (AvgIpc) is 1.91. The van der Waals surface area contributed by atoms with E-state index in [1.54, 1.807) is 0 Å². The Kier molecular flexibility index (Phi) is 2.47. The Hall–Kier alpha value is -0.900. The minimum Gasteiger partial charge on any atom is -0.429 e. The average molecular weight is 194 g/mol. The van der Waals surface area contributed by atoms with Gasteiger partial charge in [0.05, 0.1) is 0 Å². The van der Waals surface area contributed by atoms with Crippen molar-refractivity contribution >= 4 is 11.6 Å². The van der Waals surface area contributed by atoms with Crippen LogP contribution in [-0.4, -0.2) is 11.1 Å². The lowest BCUT2D eigenvalue weighted by molar-refractivity contribution is -0.159. The van der Waals surface area contributed by atoms with Gasteiger partial charge >= 0.3 is 6.11 Å². The topological polar surface area (TPSA) is 22.1 Å². The highest BCUT2D eigenvalue weighted by Gasteiger charge is 2.24. The number of rotatable bonds is 2. The van der Waals surface area contributed by atoms with E-state index in [9.17, 15) is 8.78 Å². The quantitative estimate of drug-likeness (QED) is 0.674. The fourth-order valence-electron chi connectivity index (χ4n) is 0.640. The molecule has 1 rings (SSSR count). The fourth-order valence-corrected chi connectivity index (χ4v) is 0.798. The number of alkyl halides is 2. The lowest BCUT2D eigenvalue weighted by Crippen LogP contribution is -2.19. The van der Waals surface area contributed by atoms with Crippen molar-refractivity contribution in [1.29, 1.82) is 0 Å². The summed E-state index contributed by atoms with van der Waals surface area (Å²) in [7, 11) is 0. The number of aromatic nitrogens is 1. The first-order valence-corrected chi connectivity index (χ1v) is 3.54. The summed E-state index contributed by atoms with van der Waals surface area (Å²) in [6.45, 7) is 0.635. The highest BCUT2D eigenvalue weighted by Crippen LogP contribution is 2.26. The van der Waals surface area contributed by atoms with Crippen LogP contribution in [0, 0.1) is 0 Å². The van der Waals surface area contributed by atoms with Crippen LogP contribution in [0.2, 0.25) is 5.15 Å². The Labute approximate surface area is 73.1 Å². The summed E-state index contributed by atoms with van der Waals surface area (Å²) < 4.78 is 28.8. The third-order valence-electron chi connectivity index (χ3n) is 1.01. The summed E-state index contributed by atoms with van der Waals surface area (Å²) in [5.74, 6) is -0.119. The second-order valence-corrected chi connectivity index (χ2v) is 2.56. The summed E-state index contributed by atoms with van der Waals surface area (Å²) >= 11 is 5.46. The van der Waals surface area contributed by atoms with Gasteiger partial charge in [0.25, 0.3) is 0 Å². The van der Waals surface area contributed by atoms with Gasteiger partial charge in [-0.25, -0.2) is 4.98 Å². The van der Waals surface area contributed by atoms with E-state index >= 15 is 0 Å². The zero-order valence-corrected chi connectivity index (χ0v) is 6.98. The van der Waals surface area contributed by atoms with E-state index in [0.717, 1.165) is 0 Å². The first-order valence-electron chi connectivity index (χ1n) is 3.16. The molecule has 1 aromatic rings. The number of hydrogen-bond donors (Lipinski definition) is 0. The monoisotopic (exact) mass is 193 g/mol. The van der Waals surface area contributed by atoms with Crippen molar-refractivity contribution in [3.05, 3.63) is 23.5 Å². The maximum absolute atomic E-state index is 12.3. The predicted molar refractivity (Wildman–Crippen MR) is 40.5 cm³/mol. The van der Waals surface area contributed by atoms with Crippen molar-refractivity contribution in [1.82, 2.24) is 4.98 Å². The van der Waals surface area contributed by atoms with Gasteiger partial charge in [0.1, 0.15) is 0 Å². The van der Waals surface area contributed by atoms with Crippen LogP contribution >= 0.6 is 11.6 Å². The third kappa shape index (κ3) is 2.62. The SMILES string of the molecule is CC(F)(F)Oc1cccnc1Cl. The molecular formula is C7H6ClF2NO. The van der Waals surface area contributed by atoms with E-state index in [0.29, 0.717) is 6.92 Å². The number of ether oxygens (including phenoxy) is 1. The lowest BCUT2D eigenvalue weighted by atomic mass is 10.4. The first-order chi connectivity index (χ1) is 5.49. The number of hydrogen-bond acceptors (Lipinski definition) is 2. The van der Waals surface area contributed by atoms with Crippen LogP contribution < -0.4 is 4.74 Å². The van der Waals surface area contributed by atoms with Gasteiger partial charge in [0.2, 0.25) is 0 Å². The molecule has 2 nitrogen and oxygen atoms in total. The van der Waals surface area contributed by atoms with Crippen molar-refractivity contribution in [2.75, 3.05) is 0 Å². The van der Waals surface area contributed by atoms with Crippen LogP contribution in [0.5, 0.6) is 5.75 Å². The Morgan fingerprint density at radius 3 is 2.75 bits per heavy atom. The standard InChI is InChI=1S/C7H6ClF2NO/c1-7(9,10)12-5-3-2-4-11-6(5)8/h2-4H,1H3. The molecule has 1 aromatic heterocycles. The van der Waals surface area contributed by atoms with Crippen molar-refractivity contribution < 1.29 is 13.5 Å². The summed E-state index contributed by atoms with van der Waals surface area (Å²) in [6.07, 6.45) is -1.84. The second-order valence-electron chi connectivity index (χ2n) is 2.20. The summed E-state index contributed by atoms with van der Waals surface area (Å²) in [5.41, 5.74) is 0. The number of halogens is 3. The van der Waals surface area contributed by atoms with E-state index in [4.69, 9.17) is 11.6 Å². The van der Waals surface area contributed by atoms with Gasteiger partial charge in [0.15, 0.2) is 10.9 Å². The third-order valence-corrected chi connectivity index (χ3v) is 1.30. The Morgan fingerprint density at radius 1 is 1.58 bits per heavy atom. The molecule has 66 valence electrons. The van der Waals surface area contributed by atoms with Gasteiger partial charge in [-0.3, -0.25) is 0 Å². The molecule has 12 heavy (non-hydrogen) atoms. The molecule has 0 radical (unpaired) electrons. The molecule has 5 heteroatoms. The largest absolute Gasteiger partial charge is 0.429 e. The second kappa shape index (κ2) is 3.23. The molecular weight excluding hydrogens is 188 g/mol. The van der Waals surface area contributed by atoms with Crippen LogP contribution in [0.4, 0.5) is 8.78 Å². The van der Waals surface area contributed by atoms with Crippen LogP contribution in [-0.2, 0) is 0 Å². The van der Waals surface area contributed by atoms with Gasteiger partial charge in [-0.2, -0.15) is 8.78 Å². The zero-order valence-electron chi connectivity index (χ0n) is 6.22. The predicted octanol–water partition coefficient (Wildman–Crippen LogP) is 2.73. The van der Waals surface area contributed by atoms with Gasteiger partial charge in [0, 0.05) is 13.1 Å². The molecule has 0 N–H and O–H groups in total. The summed E-state index contributed by atoms with van der Waals surface area (Å²) in [6, 6.07) is 2.79. The van der Waals surface area contributed by atoms with Crippen molar-refractivity contribution in [3.63, 3.8) is 0 Å². The molecule has 1 heterocycles. The molecule has 0 spiro atoms. The molecule has 0 aliphatic heterocycles. The fraction of sp³-hybridized carbons (Fsp3) is 0.286. The van der Waals surface area contributed by atoms with E-state index < -0.39 is 6.11 Å². The van der Waals surface area contributed by atoms with Gasteiger partial charge in [-0.05, 0) is 12.1 Å². The smallest absolute Gasteiger partial charge is 0.395 e. The van der Waals surface area contributed by atoms with Crippen molar-refractivity contribution in [2.24, 2.45) is 0 Å². The molecule has 0 saturated heterocycles. The maximum atomic E-state index is 12.3. The molecule has 0 fully saturated rings. The van der Waals surface area contributed by atoms with Crippen molar-refractivity contribution in [3.8, 4) is 5.75 Å². The number of pyridine rings is 1. The molecule has 0 aromatic carbocycles. The summed E-state index contributed by atoms with van der Waals surface area (Å²) in [5, 5.41) is -0.0703. The molecule has 0 saturated carbocycles. The Morgan fingerprint density at radius 2 is 2.25 bits per heavy atom. The summed E-state index contributed by atoms with van der Waals surface area (Å²) in [4.78, 5) is 3.57. The van der Waals surface area contributed by atoms with E-state index in [2.05, 4.69) is 9.72 Å². The highest BCUT2D eigenvalue weighted by atomic mass is 35.5. The van der Waals surface area contributed by atoms with E-state index in [1.165, 1.54) is 18.3 Å². The lowest BCUT2D eigenvalue weighted by Gasteiger charge is -2.12. The van der Waals surface area contributed by atoms with Crippen molar-refractivity contribution in [2.45, 2.75) is 13.0 Å². The normalized spacial score (nSPS) is 11.3. The Bertz CT molecular complexity index is 274. The van der Waals surface area contributed by atoms with E-state index in [-0.39, 0.29) is 10.9 Å². The van der Waals surface area contributed by atoms with Crippen LogP contribution in [0.25, 0.3) is 0 Å².